The number of aromatic nitrogens is 4. The molecule has 30 heavy (non-hydrogen) atoms. The quantitative estimate of drug-likeness (QED) is 0.492. The molecule has 4 aromatic rings. The molecular formula is C23H20FN5O. The number of β-amino-alcohol motifs (C(OH)–C–C–N with tert-alkyl or cyclic N) is 1. The normalized spacial score (nSPS) is 17.4. The third kappa shape index (κ3) is 2.74. The Morgan fingerprint density at radius 2 is 1.93 bits per heavy atom. The van der Waals surface area contributed by atoms with Crippen LogP contribution in [0.15, 0.2) is 61.1 Å². The summed E-state index contributed by atoms with van der Waals surface area (Å²) in [6.07, 6.45) is 6.30. The Kier molecular flexibility index (Phi) is 3.79. The van der Waals surface area contributed by atoms with Gasteiger partial charge >= 0.3 is 0 Å². The van der Waals surface area contributed by atoms with E-state index in [0.717, 1.165) is 52.8 Å². The van der Waals surface area contributed by atoms with E-state index in [1.807, 2.05) is 12.3 Å². The third-order valence-electron chi connectivity index (χ3n) is 5.95. The summed E-state index contributed by atoms with van der Waals surface area (Å²) < 4.78 is 17.6. The number of pyridine rings is 1. The summed E-state index contributed by atoms with van der Waals surface area (Å²) in [4.78, 5) is 11.7. The molecule has 0 spiro atoms. The van der Waals surface area contributed by atoms with Crippen LogP contribution in [0.2, 0.25) is 0 Å². The first-order valence-electron chi connectivity index (χ1n) is 10.1. The highest BCUT2D eigenvalue weighted by Crippen LogP contribution is 2.34. The van der Waals surface area contributed by atoms with Crippen LogP contribution < -0.4 is 4.90 Å². The summed E-state index contributed by atoms with van der Waals surface area (Å²) in [6.45, 7) is 2.04. The average Bonchev–Trinajstić information content (AvgIpc) is 3.47. The summed E-state index contributed by atoms with van der Waals surface area (Å²) in [5, 5.41) is 9.90. The average molecular weight is 401 g/mol. The molecule has 2 aliphatic rings. The smallest absolute Gasteiger partial charge is 0.161 e. The van der Waals surface area contributed by atoms with Crippen LogP contribution in [0.4, 0.5) is 10.2 Å². The van der Waals surface area contributed by atoms with Crippen molar-refractivity contribution in [1.82, 2.24) is 19.1 Å². The number of rotatable bonds is 2. The van der Waals surface area contributed by atoms with Crippen LogP contribution in [-0.2, 0) is 6.54 Å². The van der Waals surface area contributed by atoms with Gasteiger partial charge in [0.05, 0.1) is 29.7 Å². The van der Waals surface area contributed by atoms with Crippen molar-refractivity contribution in [2.24, 2.45) is 0 Å². The molecule has 0 amide bonds. The fourth-order valence-electron chi connectivity index (χ4n) is 4.42. The Labute approximate surface area is 172 Å². The van der Waals surface area contributed by atoms with Crippen LogP contribution in [0.5, 0.6) is 0 Å². The van der Waals surface area contributed by atoms with Crippen molar-refractivity contribution >= 4 is 5.82 Å². The van der Waals surface area contributed by atoms with Gasteiger partial charge in [-0.25, -0.2) is 14.4 Å². The molecule has 6 rings (SSSR count). The van der Waals surface area contributed by atoms with Crippen molar-refractivity contribution in [1.29, 1.82) is 0 Å². The van der Waals surface area contributed by atoms with Gasteiger partial charge in [-0.15, -0.1) is 0 Å². The van der Waals surface area contributed by atoms with Crippen LogP contribution in [-0.4, -0.2) is 43.4 Å². The van der Waals surface area contributed by atoms with Crippen molar-refractivity contribution in [3.05, 3.63) is 72.6 Å². The Hall–Kier alpha value is -3.45. The zero-order valence-electron chi connectivity index (χ0n) is 16.2. The van der Waals surface area contributed by atoms with E-state index in [1.54, 1.807) is 18.3 Å². The summed E-state index contributed by atoms with van der Waals surface area (Å²) in [5.74, 6) is 1.50. The second-order valence-corrected chi connectivity index (χ2v) is 7.89. The summed E-state index contributed by atoms with van der Waals surface area (Å²) in [5.41, 5.74) is 4.94. The lowest BCUT2D eigenvalue weighted by Crippen LogP contribution is -2.23. The Morgan fingerprint density at radius 1 is 1.07 bits per heavy atom. The van der Waals surface area contributed by atoms with Crippen LogP contribution in [0.25, 0.3) is 28.3 Å². The fraction of sp³-hybridized carbons (Fsp3) is 0.217. The maximum Gasteiger partial charge on any atom is 0.161 e. The molecule has 1 N–H and O–H groups in total. The molecule has 3 aromatic heterocycles. The van der Waals surface area contributed by atoms with E-state index in [9.17, 15) is 9.50 Å². The predicted molar refractivity (Wildman–Crippen MR) is 112 cm³/mol. The second-order valence-electron chi connectivity index (χ2n) is 7.89. The van der Waals surface area contributed by atoms with Crippen molar-refractivity contribution in [2.45, 2.75) is 19.1 Å². The van der Waals surface area contributed by atoms with E-state index >= 15 is 0 Å². The number of fused-ring (bicyclic) bond motifs is 5. The van der Waals surface area contributed by atoms with Gasteiger partial charge in [0, 0.05) is 37.2 Å². The maximum absolute atomic E-state index is 13.3. The highest BCUT2D eigenvalue weighted by molar-refractivity contribution is 5.71. The molecule has 7 heteroatoms. The zero-order valence-corrected chi connectivity index (χ0v) is 16.2. The molecule has 1 atom stereocenters. The van der Waals surface area contributed by atoms with Gasteiger partial charge in [0.25, 0.3) is 0 Å². The van der Waals surface area contributed by atoms with Crippen LogP contribution in [0, 0.1) is 5.82 Å². The van der Waals surface area contributed by atoms with E-state index in [4.69, 9.17) is 4.98 Å². The number of anilines is 1. The predicted octanol–water partition coefficient (Wildman–Crippen LogP) is 3.47. The lowest BCUT2D eigenvalue weighted by molar-refractivity contribution is 0.198. The van der Waals surface area contributed by atoms with Crippen molar-refractivity contribution in [3.63, 3.8) is 0 Å². The monoisotopic (exact) mass is 401 g/mol. The van der Waals surface area contributed by atoms with Crippen LogP contribution >= 0.6 is 0 Å². The van der Waals surface area contributed by atoms with Crippen molar-refractivity contribution in [2.75, 3.05) is 18.0 Å². The fourth-order valence-corrected chi connectivity index (χ4v) is 4.42. The molecule has 2 aliphatic heterocycles. The zero-order chi connectivity index (χ0) is 20.2. The molecule has 6 nitrogen and oxygen atoms in total. The van der Waals surface area contributed by atoms with Crippen molar-refractivity contribution < 1.29 is 9.50 Å². The summed E-state index contributed by atoms with van der Waals surface area (Å²) in [7, 11) is 0. The molecule has 1 aromatic carbocycles. The van der Waals surface area contributed by atoms with Crippen LogP contribution in [0.1, 0.15) is 12.1 Å². The molecule has 0 aliphatic carbocycles. The first-order chi connectivity index (χ1) is 14.7. The van der Waals surface area contributed by atoms with Gasteiger partial charge in [-0.3, -0.25) is 4.57 Å². The van der Waals surface area contributed by atoms with Gasteiger partial charge in [-0.05, 0) is 42.3 Å². The summed E-state index contributed by atoms with van der Waals surface area (Å²) in [6, 6.07) is 12.7. The standard InChI is InChI=1S/C23H20FN5O/c24-17-3-1-15(2-4-17)16-11-21-23-25-8-10-29(23)20-5-6-22(27-9-7-18(30)13-27)26-19(20)14-28(21)12-16/h1-6,8,10-12,18,30H,7,9,13-14H2. The van der Waals surface area contributed by atoms with Gasteiger partial charge in [-0.2, -0.15) is 0 Å². The maximum atomic E-state index is 13.3. The molecule has 1 unspecified atom stereocenters. The van der Waals surface area contributed by atoms with Crippen LogP contribution in [0.3, 0.4) is 0 Å². The minimum absolute atomic E-state index is 0.243. The topological polar surface area (TPSA) is 59.1 Å². The number of aliphatic hydroxyl groups is 1. The highest BCUT2D eigenvalue weighted by Gasteiger charge is 2.25. The van der Waals surface area contributed by atoms with E-state index in [1.165, 1.54) is 12.1 Å². The largest absolute Gasteiger partial charge is 0.391 e. The molecule has 0 radical (unpaired) electrons. The Balaban J connectivity index is 1.46. The number of aliphatic hydroxyl groups excluding tert-OH is 1. The van der Waals surface area contributed by atoms with Crippen molar-refractivity contribution in [3.8, 4) is 28.3 Å². The van der Waals surface area contributed by atoms with Gasteiger partial charge < -0.3 is 14.6 Å². The minimum Gasteiger partial charge on any atom is -0.391 e. The van der Waals surface area contributed by atoms with Gasteiger partial charge in [0.2, 0.25) is 0 Å². The number of halogens is 1. The number of imidazole rings is 1. The van der Waals surface area contributed by atoms with E-state index in [0.29, 0.717) is 13.1 Å². The van der Waals surface area contributed by atoms with E-state index in [-0.39, 0.29) is 11.9 Å². The van der Waals surface area contributed by atoms with Gasteiger partial charge in [-0.1, -0.05) is 12.1 Å². The molecule has 1 fully saturated rings. The molecule has 150 valence electrons. The first-order valence-corrected chi connectivity index (χ1v) is 10.1. The molecule has 0 saturated carbocycles. The molecular weight excluding hydrogens is 381 g/mol. The number of hydrogen-bond donors (Lipinski definition) is 1. The van der Waals surface area contributed by atoms with Gasteiger partial charge in [0.15, 0.2) is 5.82 Å². The SMILES string of the molecule is OC1CCN(c2ccc3c(n2)Cn2cc(-c4ccc(F)cc4)cc2-c2nccn2-3)C1. The van der Waals surface area contributed by atoms with E-state index < -0.39 is 0 Å². The second kappa shape index (κ2) is 6.53. The lowest BCUT2D eigenvalue weighted by atomic mass is 10.1. The Bertz CT molecular complexity index is 1240. The molecule has 0 bridgehead atoms. The number of nitrogens with zero attached hydrogens (tertiary/aromatic N) is 5. The Morgan fingerprint density at radius 3 is 2.73 bits per heavy atom. The lowest BCUT2D eigenvalue weighted by Gasteiger charge is -2.19. The summed E-state index contributed by atoms with van der Waals surface area (Å²) >= 11 is 0. The van der Waals surface area contributed by atoms with E-state index in [2.05, 4.69) is 37.3 Å². The van der Waals surface area contributed by atoms with Gasteiger partial charge in [0.1, 0.15) is 11.6 Å². The number of benzene rings is 1. The number of hydrogen-bond acceptors (Lipinski definition) is 4. The minimum atomic E-state index is -0.291. The third-order valence-corrected chi connectivity index (χ3v) is 5.95. The molecule has 1 saturated heterocycles. The first kappa shape index (κ1) is 17.4. The molecule has 5 heterocycles. The highest BCUT2D eigenvalue weighted by atomic mass is 19.1.